The summed E-state index contributed by atoms with van der Waals surface area (Å²) in [5.41, 5.74) is 1.96. The lowest BCUT2D eigenvalue weighted by Gasteiger charge is -2.25. The normalized spacial score (nSPS) is 13.0. The van der Waals surface area contributed by atoms with Gasteiger partial charge in [0.05, 0.1) is 0 Å². The van der Waals surface area contributed by atoms with Gasteiger partial charge in [0, 0.05) is 4.90 Å². The Kier molecular flexibility index (Phi) is 2.83. The smallest absolute Gasteiger partial charge is 0.118 e. The molecule has 0 unspecified atom stereocenters. The van der Waals surface area contributed by atoms with Crippen LogP contribution in [0.5, 0.6) is 5.75 Å². The highest BCUT2D eigenvalue weighted by Gasteiger charge is 2.14. The number of halogens is 1. The fraction of sp³-hybridized carbons (Fsp3) is 0.400. The van der Waals surface area contributed by atoms with E-state index in [1.807, 2.05) is 32.4 Å². The van der Waals surface area contributed by atoms with Crippen LogP contribution in [0.2, 0.25) is 0 Å². The van der Waals surface area contributed by atoms with Crippen molar-refractivity contribution in [2.24, 2.45) is 0 Å². The number of aryl methyl sites for hydroxylation is 2. The van der Waals surface area contributed by atoms with Crippen LogP contribution in [0.3, 0.4) is 0 Å². The molecule has 0 fully saturated rings. The number of hydrogen-bond donors (Lipinski definition) is 1. The predicted octanol–water partition coefficient (Wildman–Crippen LogP) is 3.59. The number of aromatic hydroxyl groups is 1. The van der Waals surface area contributed by atoms with Crippen LogP contribution in [-0.4, -0.2) is 17.6 Å². The van der Waals surface area contributed by atoms with Crippen molar-refractivity contribution < 1.29 is 5.11 Å². The summed E-state index contributed by atoms with van der Waals surface area (Å²) >= 11 is 0. The molecule has 1 rings (SSSR count). The summed E-state index contributed by atoms with van der Waals surface area (Å²) in [5.74, 6) is 0.349. The molecule has 1 aromatic rings. The van der Waals surface area contributed by atoms with E-state index in [0.717, 1.165) is 16.0 Å². The Labute approximate surface area is 85.6 Å². The van der Waals surface area contributed by atoms with Crippen LogP contribution < -0.4 is 0 Å². The summed E-state index contributed by atoms with van der Waals surface area (Å²) in [6.07, 6.45) is 4.07. The molecule has 0 aliphatic rings. The van der Waals surface area contributed by atoms with Crippen molar-refractivity contribution in [3.63, 3.8) is 0 Å². The lowest BCUT2D eigenvalue weighted by Crippen LogP contribution is -1.92. The third kappa shape index (κ3) is 2.32. The van der Waals surface area contributed by atoms with Crippen LogP contribution in [0.4, 0.5) is 0 Å². The second kappa shape index (κ2) is 3.43. The molecule has 0 atom stereocenters. The zero-order chi connectivity index (χ0) is 10.2. The molecule has 0 radical (unpaired) electrons. The van der Waals surface area contributed by atoms with Gasteiger partial charge in [0.15, 0.2) is 0 Å². The predicted molar refractivity (Wildman–Crippen MR) is 61.1 cm³/mol. The zero-order valence-corrected chi connectivity index (χ0v) is 9.96. The number of hydrogen-bond acceptors (Lipinski definition) is 1. The molecule has 0 aliphatic heterocycles. The molecule has 3 heteroatoms. The molecule has 0 aliphatic carbocycles. The lowest BCUT2D eigenvalue weighted by atomic mass is 10.1. The SMILES string of the molecule is Cc1cc(S(C)(C)Cl)c(C)cc1O. The molecule has 1 aromatic carbocycles. The molecule has 0 spiro atoms. The van der Waals surface area contributed by atoms with Crippen LogP contribution in [0, 0.1) is 13.8 Å². The van der Waals surface area contributed by atoms with Crippen molar-refractivity contribution in [1.29, 1.82) is 0 Å². The van der Waals surface area contributed by atoms with Crippen molar-refractivity contribution in [1.82, 2.24) is 0 Å². The first-order valence-corrected chi connectivity index (χ1v) is 7.33. The topological polar surface area (TPSA) is 20.2 Å². The summed E-state index contributed by atoms with van der Waals surface area (Å²) in [7, 11) is 5.08. The average molecular weight is 219 g/mol. The maximum absolute atomic E-state index is 9.46. The zero-order valence-electron chi connectivity index (χ0n) is 8.39. The van der Waals surface area contributed by atoms with E-state index in [0.29, 0.717) is 5.75 Å². The second-order valence-corrected chi connectivity index (χ2v) is 8.77. The number of phenols is 1. The van der Waals surface area contributed by atoms with Gasteiger partial charge >= 0.3 is 0 Å². The maximum Gasteiger partial charge on any atom is 0.118 e. The van der Waals surface area contributed by atoms with E-state index >= 15 is 0 Å². The van der Waals surface area contributed by atoms with Crippen molar-refractivity contribution >= 4 is 19.9 Å². The monoisotopic (exact) mass is 218 g/mol. The van der Waals surface area contributed by atoms with Crippen LogP contribution in [0.15, 0.2) is 17.0 Å². The Hall–Kier alpha value is -0.340. The Morgan fingerprint density at radius 2 is 1.69 bits per heavy atom. The molecule has 0 saturated heterocycles. The maximum atomic E-state index is 9.46. The van der Waals surface area contributed by atoms with Gasteiger partial charge in [-0.15, -0.1) is 9.24 Å². The van der Waals surface area contributed by atoms with Crippen molar-refractivity contribution in [3.8, 4) is 5.75 Å². The van der Waals surface area contributed by atoms with E-state index in [2.05, 4.69) is 0 Å². The van der Waals surface area contributed by atoms with Gasteiger partial charge in [-0.3, -0.25) is 0 Å². The van der Waals surface area contributed by atoms with E-state index < -0.39 is 9.24 Å². The molecule has 0 heterocycles. The highest BCUT2D eigenvalue weighted by Crippen LogP contribution is 2.55. The van der Waals surface area contributed by atoms with Gasteiger partial charge in [0.1, 0.15) is 5.75 Å². The number of benzene rings is 1. The van der Waals surface area contributed by atoms with E-state index in [9.17, 15) is 5.11 Å². The molecule has 0 aromatic heterocycles. The van der Waals surface area contributed by atoms with E-state index in [4.69, 9.17) is 10.7 Å². The van der Waals surface area contributed by atoms with Gasteiger partial charge in [-0.1, -0.05) is 10.7 Å². The largest absolute Gasteiger partial charge is 0.508 e. The van der Waals surface area contributed by atoms with Crippen LogP contribution in [-0.2, 0) is 0 Å². The van der Waals surface area contributed by atoms with Crippen molar-refractivity contribution in [3.05, 3.63) is 23.3 Å². The molecule has 0 bridgehead atoms. The molecule has 0 amide bonds. The van der Waals surface area contributed by atoms with Gasteiger partial charge in [0.25, 0.3) is 0 Å². The average Bonchev–Trinajstić information content (AvgIpc) is 1.94. The Morgan fingerprint density at radius 1 is 1.15 bits per heavy atom. The van der Waals surface area contributed by atoms with E-state index in [1.165, 1.54) is 0 Å². The quantitative estimate of drug-likeness (QED) is 0.764. The van der Waals surface area contributed by atoms with Gasteiger partial charge in [-0.05, 0) is 49.6 Å². The van der Waals surface area contributed by atoms with Gasteiger partial charge in [-0.25, -0.2) is 0 Å². The first-order valence-electron chi connectivity index (χ1n) is 4.05. The molecule has 74 valence electrons. The third-order valence-electron chi connectivity index (χ3n) is 2.02. The van der Waals surface area contributed by atoms with Crippen molar-refractivity contribution in [2.45, 2.75) is 18.7 Å². The van der Waals surface area contributed by atoms with Crippen LogP contribution in [0.1, 0.15) is 11.1 Å². The molecular formula is C10H15ClOS. The molecular weight excluding hydrogens is 204 g/mol. The fourth-order valence-corrected chi connectivity index (χ4v) is 3.08. The Bertz CT molecular complexity index is 328. The van der Waals surface area contributed by atoms with Gasteiger partial charge < -0.3 is 5.11 Å². The van der Waals surface area contributed by atoms with E-state index in [-0.39, 0.29) is 0 Å². The summed E-state index contributed by atoms with van der Waals surface area (Å²) in [6, 6.07) is 3.76. The van der Waals surface area contributed by atoms with Gasteiger partial charge in [0.2, 0.25) is 0 Å². The Balaban J connectivity index is 3.32. The summed E-state index contributed by atoms with van der Waals surface area (Å²) in [5, 5.41) is 9.46. The van der Waals surface area contributed by atoms with Crippen LogP contribution >= 0.6 is 19.9 Å². The minimum atomic E-state index is -1.21. The summed E-state index contributed by atoms with van der Waals surface area (Å²) in [6.45, 7) is 3.87. The lowest BCUT2D eigenvalue weighted by molar-refractivity contribution is 0.470. The third-order valence-corrected chi connectivity index (χ3v) is 4.00. The number of rotatable bonds is 1. The Morgan fingerprint density at radius 3 is 2.15 bits per heavy atom. The standard InChI is InChI=1S/C10H15ClOS/c1-7-6-10(13(3,4)11)8(2)5-9(7)12/h5-6,12H,1-4H3. The first kappa shape index (κ1) is 10.7. The minimum Gasteiger partial charge on any atom is -0.508 e. The molecule has 1 nitrogen and oxygen atoms in total. The first-order chi connectivity index (χ1) is 5.82. The summed E-state index contributed by atoms with van der Waals surface area (Å²) < 4.78 is 0. The van der Waals surface area contributed by atoms with Gasteiger partial charge in [-0.2, -0.15) is 0 Å². The molecule has 1 N–H and O–H groups in total. The fourth-order valence-electron chi connectivity index (χ4n) is 1.30. The number of phenolic OH excluding ortho intramolecular Hbond substituents is 1. The van der Waals surface area contributed by atoms with E-state index in [1.54, 1.807) is 6.07 Å². The molecule has 0 saturated carbocycles. The summed E-state index contributed by atoms with van der Waals surface area (Å²) in [4.78, 5) is 1.16. The highest BCUT2D eigenvalue weighted by molar-refractivity contribution is 8.50. The minimum absolute atomic E-state index is 0.349. The van der Waals surface area contributed by atoms with Crippen molar-refractivity contribution in [2.75, 3.05) is 12.5 Å². The van der Waals surface area contributed by atoms with Crippen LogP contribution in [0.25, 0.3) is 0 Å². The highest BCUT2D eigenvalue weighted by atomic mass is 35.7. The second-order valence-electron chi connectivity index (χ2n) is 3.61. The molecule has 13 heavy (non-hydrogen) atoms.